The Bertz CT molecular complexity index is 461. The number of rotatable bonds is 5. The third-order valence-electron chi connectivity index (χ3n) is 2.43. The van der Waals surface area contributed by atoms with Gasteiger partial charge in [0.25, 0.3) is 0 Å². The van der Waals surface area contributed by atoms with E-state index in [0.29, 0.717) is 5.69 Å². The van der Waals surface area contributed by atoms with Crippen LogP contribution in [0.4, 0.5) is 18.9 Å². The summed E-state index contributed by atoms with van der Waals surface area (Å²) >= 11 is 6.46. The first-order valence-electron chi connectivity index (χ1n) is 5.52. The Labute approximate surface area is 119 Å². The van der Waals surface area contributed by atoms with Crippen LogP contribution >= 0.6 is 24.0 Å². The Morgan fingerprint density at radius 3 is 2.58 bits per heavy atom. The minimum Gasteiger partial charge on any atom is -0.389 e. The monoisotopic (exact) mass is 308 g/mol. The van der Waals surface area contributed by atoms with Gasteiger partial charge in [-0.25, -0.2) is 0 Å². The molecule has 0 saturated carbocycles. The SMILES string of the molecule is CSCC(C)Nc1ccc(C(F)(F)F)cc1C(N)=S. The van der Waals surface area contributed by atoms with Crippen molar-refractivity contribution in [2.75, 3.05) is 17.3 Å². The van der Waals surface area contributed by atoms with Crippen molar-refractivity contribution in [2.45, 2.75) is 19.1 Å². The number of nitrogens with two attached hydrogens (primary N) is 1. The highest BCUT2D eigenvalue weighted by molar-refractivity contribution is 7.98. The fourth-order valence-electron chi connectivity index (χ4n) is 1.61. The van der Waals surface area contributed by atoms with E-state index in [4.69, 9.17) is 18.0 Å². The first-order valence-corrected chi connectivity index (χ1v) is 7.32. The average molecular weight is 308 g/mol. The van der Waals surface area contributed by atoms with E-state index < -0.39 is 11.7 Å². The number of halogens is 3. The summed E-state index contributed by atoms with van der Waals surface area (Å²) in [5, 5.41) is 3.12. The van der Waals surface area contributed by atoms with E-state index in [9.17, 15) is 13.2 Å². The molecule has 0 spiro atoms. The summed E-state index contributed by atoms with van der Waals surface area (Å²) in [7, 11) is 0. The number of hydrogen-bond donors (Lipinski definition) is 2. The molecule has 7 heteroatoms. The molecule has 0 amide bonds. The van der Waals surface area contributed by atoms with E-state index in [1.54, 1.807) is 11.8 Å². The van der Waals surface area contributed by atoms with E-state index in [1.165, 1.54) is 6.07 Å². The zero-order chi connectivity index (χ0) is 14.6. The molecule has 106 valence electrons. The summed E-state index contributed by atoms with van der Waals surface area (Å²) in [5.41, 5.74) is 5.49. The molecule has 0 aliphatic carbocycles. The molecule has 19 heavy (non-hydrogen) atoms. The van der Waals surface area contributed by atoms with Gasteiger partial charge in [0.1, 0.15) is 4.99 Å². The lowest BCUT2D eigenvalue weighted by molar-refractivity contribution is -0.137. The standard InChI is InChI=1S/C12H15F3N2S2/c1-7(6-19-2)17-10-4-3-8(12(13,14)15)5-9(10)11(16)18/h3-5,7,17H,6H2,1-2H3,(H2,16,18). The molecular formula is C12H15F3N2S2. The van der Waals surface area contributed by atoms with Gasteiger partial charge in [-0.3, -0.25) is 0 Å². The normalized spacial score (nSPS) is 13.1. The lowest BCUT2D eigenvalue weighted by Gasteiger charge is -2.18. The summed E-state index contributed by atoms with van der Waals surface area (Å²) in [6, 6.07) is 3.49. The van der Waals surface area contributed by atoms with Crippen LogP contribution in [-0.2, 0) is 6.18 Å². The number of hydrogen-bond acceptors (Lipinski definition) is 3. The van der Waals surface area contributed by atoms with Crippen molar-refractivity contribution in [3.8, 4) is 0 Å². The third-order valence-corrected chi connectivity index (χ3v) is 3.48. The fraction of sp³-hybridized carbons (Fsp3) is 0.417. The van der Waals surface area contributed by atoms with Crippen LogP contribution in [0, 0.1) is 0 Å². The van der Waals surface area contributed by atoms with E-state index in [2.05, 4.69) is 5.32 Å². The second-order valence-corrected chi connectivity index (χ2v) is 5.47. The van der Waals surface area contributed by atoms with Crippen LogP contribution in [0.3, 0.4) is 0 Å². The molecule has 1 rings (SSSR count). The van der Waals surface area contributed by atoms with Gasteiger partial charge in [0, 0.05) is 23.0 Å². The number of anilines is 1. The predicted octanol–water partition coefficient (Wildman–Crippen LogP) is 3.50. The van der Waals surface area contributed by atoms with Crippen LogP contribution in [0.2, 0.25) is 0 Å². The summed E-state index contributed by atoms with van der Waals surface area (Å²) in [6.45, 7) is 1.94. The Kier molecular flexibility index (Phi) is 5.49. The molecule has 0 heterocycles. The van der Waals surface area contributed by atoms with Gasteiger partial charge in [0.15, 0.2) is 0 Å². The molecule has 3 N–H and O–H groups in total. The van der Waals surface area contributed by atoms with E-state index in [1.807, 2.05) is 13.2 Å². The number of thiocarbonyl (C=S) groups is 1. The van der Waals surface area contributed by atoms with Crippen molar-refractivity contribution in [1.29, 1.82) is 0 Å². The molecule has 1 aromatic rings. The highest BCUT2D eigenvalue weighted by Gasteiger charge is 2.31. The number of benzene rings is 1. The summed E-state index contributed by atoms with van der Waals surface area (Å²) in [5.74, 6) is 0.831. The highest BCUT2D eigenvalue weighted by atomic mass is 32.2. The van der Waals surface area contributed by atoms with Crippen LogP contribution in [0.1, 0.15) is 18.1 Å². The van der Waals surface area contributed by atoms with Gasteiger partial charge in [0.2, 0.25) is 0 Å². The lowest BCUT2D eigenvalue weighted by Crippen LogP contribution is -2.22. The van der Waals surface area contributed by atoms with E-state index in [0.717, 1.165) is 17.9 Å². The average Bonchev–Trinajstić information content (AvgIpc) is 2.27. The van der Waals surface area contributed by atoms with Crippen LogP contribution in [0.15, 0.2) is 18.2 Å². The van der Waals surface area contributed by atoms with E-state index >= 15 is 0 Å². The van der Waals surface area contributed by atoms with Gasteiger partial charge < -0.3 is 11.1 Å². The highest BCUT2D eigenvalue weighted by Crippen LogP contribution is 2.32. The molecule has 1 unspecified atom stereocenters. The molecular weight excluding hydrogens is 293 g/mol. The molecule has 0 radical (unpaired) electrons. The van der Waals surface area contributed by atoms with Crippen LogP contribution in [-0.4, -0.2) is 23.0 Å². The first-order chi connectivity index (χ1) is 8.75. The number of alkyl halides is 3. The molecule has 0 fully saturated rings. The van der Waals surface area contributed by atoms with E-state index in [-0.39, 0.29) is 16.6 Å². The molecule has 0 aromatic heterocycles. The van der Waals surface area contributed by atoms with Gasteiger partial charge in [-0.2, -0.15) is 24.9 Å². The van der Waals surface area contributed by atoms with Gasteiger partial charge >= 0.3 is 6.18 Å². The predicted molar refractivity (Wildman–Crippen MR) is 78.8 cm³/mol. The molecule has 2 nitrogen and oxygen atoms in total. The van der Waals surface area contributed by atoms with Gasteiger partial charge in [-0.05, 0) is 31.4 Å². The quantitative estimate of drug-likeness (QED) is 0.817. The Hall–Kier alpha value is -0.950. The largest absolute Gasteiger partial charge is 0.416 e. The van der Waals surface area contributed by atoms with Crippen molar-refractivity contribution >= 4 is 34.7 Å². The second kappa shape index (κ2) is 6.47. The van der Waals surface area contributed by atoms with Gasteiger partial charge in [0.05, 0.1) is 5.56 Å². The topological polar surface area (TPSA) is 38.0 Å². The van der Waals surface area contributed by atoms with Crippen LogP contribution in [0.5, 0.6) is 0 Å². The summed E-state index contributed by atoms with van der Waals surface area (Å²) in [4.78, 5) is -0.0510. The van der Waals surface area contributed by atoms with Crippen LogP contribution in [0.25, 0.3) is 0 Å². The summed E-state index contributed by atoms with van der Waals surface area (Å²) < 4.78 is 37.9. The van der Waals surface area contributed by atoms with Crippen molar-refractivity contribution in [1.82, 2.24) is 0 Å². The second-order valence-electron chi connectivity index (χ2n) is 4.12. The van der Waals surface area contributed by atoms with Gasteiger partial charge in [-0.15, -0.1) is 0 Å². The Balaban J connectivity index is 3.09. The minimum atomic E-state index is -4.40. The summed E-state index contributed by atoms with van der Waals surface area (Å²) in [6.07, 6.45) is -2.44. The zero-order valence-electron chi connectivity index (χ0n) is 10.5. The Morgan fingerprint density at radius 2 is 2.11 bits per heavy atom. The molecule has 1 atom stereocenters. The van der Waals surface area contributed by atoms with Crippen molar-refractivity contribution < 1.29 is 13.2 Å². The van der Waals surface area contributed by atoms with Crippen molar-refractivity contribution in [2.24, 2.45) is 5.73 Å². The maximum Gasteiger partial charge on any atom is 0.416 e. The molecule has 1 aromatic carbocycles. The first kappa shape index (κ1) is 16.1. The zero-order valence-corrected chi connectivity index (χ0v) is 12.2. The van der Waals surface area contributed by atoms with Gasteiger partial charge in [-0.1, -0.05) is 12.2 Å². The minimum absolute atomic E-state index is 0.0510. The lowest BCUT2D eigenvalue weighted by atomic mass is 10.1. The fourth-order valence-corrected chi connectivity index (χ4v) is 2.36. The van der Waals surface area contributed by atoms with Crippen LogP contribution < -0.4 is 11.1 Å². The van der Waals surface area contributed by atoms with Crippen molar-refractivity contribution in [3.63, 3.8) is 0 Å². The molecule has 0 aliphatic heterocycles. The molecule has 0 saturated heterocycles. The maximum absolute atomic E-state index is 12.6. The maximum atomic E-state index is 12.6. The Morgan fingerprint density at radius 1 is 1.47 bits per heavy atom. The number of nitrogens with one attached hydrogen (secondary N) is 1. The smallest absolute Gasteiger partial charge is 0.389 e. The molecule has 0 aliphatic rings. The number of thioether (sulfide) groups is 1. The third kappa shape index (κ3) is 4.58. The molecule has 0 bridgehead atoms. The van der Waals surface area contributed by atoms with Crippen molar-refractivity contribution in [3.05, 3.63) is 29.3 Å².